The lowest BCUT2D eigenvalue weighted by atomic mass is 10.1. The first-order chi connectivity index (χ1) is 11.7. The summed E-state index contributed by atoms with van der Waals surface area (Å²) in [6.07, 6.45) is 0.749. The number of nitrogens with zero attached hydrogens (tertiary/aromatic N) is 2. The van der Waals surface area contributed by atoms with Gasteiger partial charge in [0.1, 0.15) is 11.0 Å². The number of amides is 2. The monoisotopic (exact) mass is 362 g/mol. The summed E-state index contributed by atoms with van der Waals surface area (Å²) in [5, 5.41) is 17.2. The maximum absolute atomic E-state index is 12.2. The van der Waals surface area contributed by atoms with Crippen molar-refractivity contribution in [3.05, 3.63) is 40.1 Å². The molecule has 0 radical (unpaired) electrons. The molecule has 8 heteroatoms. The molecular weight excluding hydrogens is 344 g/mol. The van der Waals surface area contributed by atoms with Crippen molar-refractivity contribution in [1.29, 1.82) is 0 Å². The SMILES string of the molecule is Cc1ccc2nsnc2c1NC(=O)NC[C@@H](CO)Cc1cccs1. The minimum atomic E-state index is -0.303. The summed E-state index contributed by atoms with van der Waals surface area (Å²) < 4.78 is 8.43. The van der Waals surface area contributed by atoms with E-state index in [4.69, 9.17) is 0 Å². The highest BCUT2D eigenvalue weighted by molar-refractivity contribution is 7.09. The van der Waals surface area contributed by atoms with Gasteiger partial charge in [-0.1, -0.05) is 12.1 Å². The maximum atomic E-state index is 12.2. The summed E-state index contributed by atoms with van der Waals surface area (Å²) in [5.74, 6) is -0.00720. The van der Waals surface area contributed by atoms with Gasteiger partial charge < -0.3 is 15.7 Å². The summed E-state index contributed by atoms with van der Waals surface area (Å²) in [6, 6.07) is 7.52. The molecule has 2 aromatic heterocycles. The Morgan fingerprint density at radius 2 is 2.21 bits per heavy atom. The molecule has 0 unspecified atom stereocenters. The molecular formula is C16H18N4O2S2. The van der Waals surface area contributed by atoms with Crippen molar-refractivity contribution in [3.63, 3.8) is 0 Å². The predicted molar refractivity (Wildman–Crippen MR) is 97.8 cm³/mol. The lowest BCUT2D eigenvalue weighted by Gasteiger charge is -2.15. The largest absolute Gasteiger partial charge is 0.396 e. The van der Waals surface area contributed by atoms with E-state index in [1.807, 2.05) is 36.6 Å². The fourth-order valence-electron chi connectivity index (χ4n) is 2.42. The van der Waals surface area contributed by atoms with E-state index < -0.39 is 0 Å². The Morgan fingerprint density at radius 3 is 2.96 bits per heavy atom. The third-order valence-corrected chi connectivity index (χ3v) is 5.20. The second-order valence-electron chi connectivity index (χ2n) is 5.56. The number of hydrogen-bond acceptors (Lipinski definition) is 6. The number of anilines is 1. The number of carbonyl (C=O) groups is 1. The number of carbonyl (C=O) groups excluding carboxylic acids is 1. The molecule has 0 fully saturated rings. The van der Waals surface area contributed by atoms with Crippen LogP contribution in [0.3, 0.4) is 0 Å². The molecule has 0 saturated carbocycles. The molecule has 1 aromatic carbocycles. The molecule has 2 amide bonds. The molecule has 24 heavy (non-hydrogen) atoms. The summed E-state index contributed by atoms with van der Waals surface area (Å²) in [6.45, 7) is 2.36. The van der Waals surface area contributed by atoms with Crippen molar-refractivity contribution in [1.82, 2.24) is 14.1 Å². The van der Waals surface area contributed by atoms with E-state index in [9.17, 15) is 9.90 Å². The van der Waals surface area contributed by atoms with Crippen LogP contribution in [0.25, 0.3) is 11.0 Å². The number of aryl methyl sites for hydroxylation is 1. The van der Waals surface area contributed by atoms with Crippen LogP contribution in [0, 0.1) is 12.8 Å². The molecule has 1 atom stereocenters. The molecule has 0 aliphatic heterocycles. The molecule has 2 heterocycles. The Kier molecular flexibility index (Phi) is 5.39. The van der Waals surface area contributed by atoms with Gasteiger partial charge >= 0.3 is 6.03 Å². The predicted octanol–water partition coefficient (Wildman–Crippen LogP) is 3.03. The molecule has 0 aliphatic carbocycles. The maximum Gasteiger partial charge on any atom is 0.319 e. The topological polar surface area (TPSA) is 87.1 Å². The summed E-state index contributed by atoms with van der Waals surface area (Å²) in [7, 11) is 0. The van der Waals surface area contributed by atoms with Gasteiger partial charge in [0.25, 0.3) is 0 Å². The quantitative estimate of drug-likeness (QED) is 0.629. The summed E-state index contributed by atoms with van der Waals surface area (Å²) in [5.41, 5.74) is 3.08. The lowest BCUT2D eigenvalue weighted by molar-refractivity contribution is 0.218. The highest BCUT2D eigenvalue weighted by atomic mass is 32.1. The van der Waals surface area contributed by atoms with Gasteiger partial charge in [-0.25, -0.2) is 4.79 Å². The zero-order chi connectivity index (χ0) is 16.9. The Labute approximate surface area is 147 Å². The molecule has 0 saturated heterocycles. The second kappa shape index (κ2) is 7.69. The second-order valence-corrected chi connectivity index (χ2v) is 7.12. The average molecular weight is 362 g/mol. The van der Waals surface area contributed by atoms with Crippen LogP contribution < -0.4 is 10.6 Å². The minimum Gasteiger partial charge on any atom is -0.396 e. The van der Waals surface area contributed by atoms with Crippen molar-refractivity contribution in [2.45, 2.75) is 13.3 Å². The number of hydrogen-bond donors (Lipinski definition) is 3. The molecule has 0 bridgehead atoms. The van der Waals surface area contributed by atoms with Crippen molar-refractivity contribution < 1.29 is 9.90 Å². The molecule has 3 N–H and O–H groups in total. The summed E-state index contributed by atoms with van der Waals surface area (Å²) in [4.78, 5) is 13.4. The van der Waals surface area contributed by atoms with Gasteiger partial charge in [0, 0.05) is 23.9 Å². The number of benzene rings is 1. The smallest absolute Gasteiger partial charge is 0.319 e. The normalized spacial score (nSPS) is 12.2. The number of nitrogens with one attached hydrogen (secondary N) is 2. The van der Waals surface area contributed by atoms with Crippen LogP contribution in [-0.4, -0.2) is 33.0 Å². The molecule has 6 nitrogen and oxygen atoms in total. The lowest BCUT2D eigenvalue weighted by Crippen LogP contribution is -2.35. The highest BCUT2D eigenvalue weighted by Gasteiger charge is 2.14. The molecule has 3 aromatic rings. The first kappa shape index (κ1) is 16.8. The van der Waals surface area contributed by atoms with Crippen molar-refractivity contribution >= 4 is 45.8 Å². The fraction of sp³-hybridized carbons (Fsp3) is 0.312. The van der Waals surface area contributed by atoms with E-state index in [0.29, 0.717) is 17.7 Å². The van der Waals surface area contributed by atoms with Gasteiger partial charge in [0.15, 0.2) is 0 Å². The number of thiophene rings is 1. The van der Waals surface area contributed by atoms with E-state index in [1.165, 1.54) is 4.88 Å². The molecule has 0 spiro atoms. The third-order valence-electron chi connectivity index (χ3n) is 3.75. The third kappa shape index (κ3) is 3.89. The van der Waals surface area contributed by atoms with E-state index in [0.717, 1.165) is 29.2 Å². The van der Waals surface area contributed by atoms with Gasteiger partial charge in [-0.15, -0.1) is 11.3 Å². The molecule has 3 rings (SSSR count). The van der Waals surface area contributed by atoms with Crippen molar-refractivity contribution in [2.24, 2.45) is 5.92 Å². The van der Waals surface area contributed by atoms with Gasteiger partial charge in [0.05, 0.1) is 17.4 Å². The number of aliphatic hydroxyl groups excluding tert-OH is 1. The van der Waals surface area contributed by atoms with E-state index in [1.54, 1.807) is 11.3 Å². The van der Waals surface area contributed by atoms with E-state index in [-0.39, 0.29) is 18.6 Å². The Hall–Kier alpha value is -2.03. The number of urea groups is 1. The molecule has 0 aliphatic rings. The van der Waals surface area contributed by atoms with Crippen LogP contribution in [0.2, 0.25) is 0 Å². The van der Waals surface area contributed by atoms with Crippen LogP contribution in [0.1, 0.15) is 10.4 Å². The summed E-state index contributed by atoms with van der Waals surface area (Å²) >= 11 is 2.78. The zero-order valence-electron chi connectivity index (χ0n) is 13.2. The minimum absolute atomic E-state index is 0.00720. The number of aromatic nitrogens is 2. The van der Waals surface area contributed by atoms with Gasteiger partial charge in [-0.05, 0) is 36.4 Å². The van der Waals surface area contributed by atoms with Gasteiger partial charge in [-0.3, -0.25) is 0 Å². The van der Waals surface area contributed by atoms with Crippen LogP contribution >= 0.6 is 23.1 Å². The van der Waals surface area contributed by atoms with Gasteiger partial charge in [0.2, 0.25) is 0 Å². The van der Waals surface area contributed by atoms with Crippen molar-refractivity contribution in [3.8, 4) is 0 Å². The number of fused-ring (bicyclic) bond motifs is 1. The van der Waals surface area contributed by atoms with E-state index in [2.05, 4.69) is 19.4 Å². The fourth-order valence-corrected chi connectivity index (χ4v) is 3.78. The average Bonchev–Trinajstić information content (AvgIpc) is 3.25. The number of rotatable bonds is 6. The first-order valence-electron chi connectivity index (χ1n) is 7.57. The van der Waals surface area contributed by atoms with E-state index >= 15 is 0 Å². The van der Waals surface area contributed by atoms with Crippen LogP contribution in [0.5, 0.6) is 0 Å². The standard InChI is InChI=1S/C16H18N4O2S2/c1-10-4-5-13-15(20-24-19-13)14(10)18-16(22)17-8-11(9-21)7-12-3-2-6-23-12/h2-6,11,21H,7-9H2,1H3,(H2,17,18,22)/t11-/m0/s1. The Morgan fingerprint density at radius 1 is 1.33 bits per heavy atom. The Bertz CT molecular complexity index is 817. The van der Waals surface area contributed by atoms with Crippen LogP contribution in [0.4, 0.5) is 10.5 Å². The zero-order valence-corrected chi connectivity index (χ0v) is 14.8. The van der Waals surface area contributed by atoms with Gasteiger partial charge in [-0.2, -0.15) is 8.75 Å². The molecule has 126 valence electrons. The van der Waals surface area contributed by atoms with Crippen LogP contribution in [0.15, 0.2) is 29.6 Å². The highest BCUT2D eigenvalue weighted by Crippen LogP contribution is 2.25. The Balaban J connectivity index is 1.60. The first-order valence-corrected chi connectivity index (χ1v) is 9.18. The number of aliphatic hydroxyl groups is 1. The van der Waals surface area contributed by atoms with Crippen molar-refractivity contribution in [2.75, 3.05) is 18.5 Å². The van der Waals surface area contributed by atoms with Crippen LogP contribution in [-0.2, 0) is 6.42 Å².